The predicted molar refractivity (Wildman–Crippen MR) is 80.6 cm³/mol. The van der Waals surface area contributed by atoms with Gasteiger partial charge in [-0.15, -0.1) is 0 Å². The summed E-state index contributed by atoms with van der Waals surface area (Å²) in [5, 5.41) is 9.02. The number of benzene rings is 1. The molecule has 0 amide bonds. The minimum absolute atomic E-state index is 0.338. The molecule has 2 aromatic rings. The molecule has 2 unspecified atom stereocenters. The smallest absolute Gasteiger partial charge is 0.178 e. The lowest BCUT2D eigenvalue weighted by molar-refractivity contribution is 0.402. The number of H-pyrrole nitrogens is 1. The van der Waals surface area contributed by atoms with E-state index in [-0.39, 0.29) is 0 Å². The minimum atomic E-state index is 0.338. The van der Waals surface area contributed by atoms with Crippen LogP contribution in [0, 0.1) is 22.0 Å². The van der Waals surface area contributed by atoms with Crippen LogP contribution in [0.15, 0.2) is 18.2 Å². The van der Waals surface area contributed by atoms with Crippen molar-refractivity contribution in [2.75, 3.05) is 0 Å². The molecule has 0 aliphatic carbocycles. The molecule has 1 N–H and O–H groups in total. The third-order valence-corrected chi connectivity index (χ3v) is 4.03. The molecule has 0 aliphatic heterocycles. The van der Waals surface area contributed by atoms with Crippen LogP contribution in [0.25, 0.3) is 11.0 Å². The minimum Gasteiger partial charge on any atom is -0.331 e. The van der Waals surface area contributed by atoms with Gasteiger partial charge in [0.15, 0.2) is 4.77 Å². The van der Waals surface area contributed by atoms with Gasteiger partial charge >= 0.3 is 0 Å². The Morgan fingerprint density at radius 3 is 2.79 bits per heavy atom. The van der Waals surface area contributed by atoms with Crippen molar-refractivity contribution in [2.45, 2.75) is 39.7 Å². The van der Waals surface area contributed by atoms with E-state index >= 15 is 0 Å². The summed E-state index contributed by atoms with van der Waals surface area (Å²) in [4.78, 5) is 3.22. The zero-order chi connectivity index (χ0) is 14.0. The highest BCUT2D eigenvalue weighted by Gasteiger charge is 2.14. The largest absolute Gasteiger partial charge is 0.331 e. The number of aromatic amines is 1. The third kappa shape index (κ3) is 2.71. The summed E-state index contributed by atoms with van der Waals surface area (Å²) < 4.78 is 2.87. The fraction of sp³-hybridized carbons (Fsp3) is 0.467. The van der Waals surface area contributed by atoms with Crippen molar-refractivity contribution in [3.05, 3.63) is 28.5 Å². The molecular formula is C15H19N3S. The van der Waals surface area contributed by atoms with Crippen LogP contribution in [0.5, 0.6) is 0 Å². The number of nitrogens with one attached hydrogen (secondary N) is 1. The molecule has 2 rings (SSSR count). The Morgan fingerprint density at radius 2 is 2.16 bits per heavy atom. The van der Waals surface area contributed by atoms with E-state index in [1.807, 2.05) is 18.2 Å². The summed E-state index contributed by atoms with van der Waals surface area (Å²) in [6.07, 6.45) is 2.26. The van der Waals surface area contributed by atoms with Crippen LogP contribution in [-0.4, -0.2) is 9.55 Å². The molecule has 0 spiro atoms. The molecule has 0 aliphatic rings. The van der Waals surface area contributed by atoms with Gasteiger partial charge in [0.25, 0.3) is 0 Å². The van der Waals surface area contributed by atoms with Crippen LogP contribution in [0.3, 0.4) is 0 Å². The second-order valence-corrected chi connectivity index (χ2v) is 5.63. The van der Waals surface area contributed by atoms with Gasteiger partial charge in [-0.25, -0.2) is 0 Å². The van der Waals surface area contributed by atoms with Crippen LogP contribution < -0.4 is 0 Å². The number of aromatic nitrogens is 2. The zero-order valence-corrected chi connectivity index (χ0v) is 12.4. The Hall–Kier alpha value is -1.60. The number of hydrogen-bond acceptors (Lipinski definition) is 2. The molecule has 3 nitrogen and oxygen atoms in total. The molecule has 4 heteroatoms. The van der Waals surface area contributed by atoms with Crippen molar-refractivity contribution in [1.29, 1.82) is 5.26 Å². The first-order valence-electron chi connectivity index (χ1n) is 6.71. The van der Waals surface area contributed by atoms with Crippen molar-refractivity contribution >= 4 is 23.3 Å². The fourth-order valence-corrected chi connectivity index (χ4v) is 2.87. The lowest BCUT2D eigenvalue weighted by atomic mass is 10.00. The number of nitriles is 1. The number of hydrogen-bond donors (Lipinski definition) is 1. The SMILES string of the molecule is CCC(C)CC(C)n1c(=S)[nH]c2ccc(C#N)cc21. The van der Waals surface area contributed by atoms with Crippen molar-refractivity contribution in [1.82, 2.24) is 9.55 Å². The van der Waals surface area contributed by atoms with E-state index in [2.05, 4.69) is 36.4 Å². The second kappa shape index (κ2) is 5.58. The Kier molecular flexibility index (Phi) is 4.06. The monoisotopic (exact) mass is 273 g/mol. The van der Waals surface area contributed by atoms with Gasteiger partial charge in [-0.05, 0) is 49.7 Å². The quantitative estimate of drug-likeness (QED) is 0.829. The van der Waals surface area contributed by atoms with Crippen LogP contribution in [-0.2, 0) is 0 Å². The van der Waals surface area contributed by atoms with Gasteiger partial charge < -0.3 is 9.55 Å². The molecule has 0 radical (unpaired) electrons. The van der Waals surface area contributed by atoms with Gasteiger partial charge in [-0.3, -0.25) is 0 Å². The lowest BCUT2D eigenvalue weighted by Gasteiger charge is -2.18. The number of fused-ring (bicyclic) bond motifs is 1. The summed E-state index contributed by atoms with van der Waals surface area (Å²) >= 11 is 5.42. The summed E-state index contributed by atoms with van der Waals surface area (Å²) in [7, 11) is 0. The maximum atomic E-state index is 9.02. The maximum absolute atomic E-state index is 9.02. The van der Waals surface area contributed by atoms with Crippen LogP contribution in [0.1, 0.15) is 45.2 Å². The van der Waals surface area contributed by atoms with Crippen molar-refractivity contribution in [2.24, 2.45) is 5.92 Å². The average Bonchev–Trinajstić information content (AvgIpc) is 2.73. The first-order valence-corrected chi connectivity index (χ1v) is 7.12. The van der Waals surface area contributed by atoms with Crippen molar-refractivity contribution < 1.29 is 0 Å². The molecule has 0 fully saturated rings. The highest BCUT2D eigenvalue weighted by Crippen LogP contribution is 2.25. The maximum Gasteiger partial charge on any atom is 0.178 e. The predicted octanol–water partition coefficient (Wildman–Crippen LogP) is 4.57. The van der Waals surface area contributed by atoms with Gasteiger partial charge in [0.05, 0.1) is 22.7 Å². The van der Waals surface area contributed by atoms with E-state index in [0.717, 1.165) is 22.2 Å². The summed E-state index contributed by atoms with van der Waals surface area (Å²) in [6, 6.07) is 8.18. The Labute approximate surface area is 118 Å². The second-order valence-electron chi connectivity index (χ2n) is 5.24. The molecule has 1 aromatic heterocycles. The molecule has 19 heavy (non-hydrogen) atoms. The van der Waals surface area contributed by atoms with E-state index in [1.54, 1.807) is 0 Å². The summed E-state index contributed by atoms with van der Waals surface area (Å²) in [5.41, 5.74) is 2.70. The summed E-state index contributed by atoms with van der Waals surface area (Å²) in [5.74, 6) is 0.668. The normalized spacial score (nSPS) is 14.2. The summed E-state index contributed by atoms with van der Waals surface area (Å²) in [6.45, 7) is 6.66. The van der Waals surface area contributed by atoms with E-state index in [0.29, 0.717) is 17.5 Å². The van der Waals surface area contributed by atoms with Crippen molar-refractivity contribution in [3.8, 4) is 6.07 Å². The standard InChI is InChI=1S/C15H19N3S/c1-4-10(2)7-11(3)18-14-8-12(9-16)5-6-13(14)17-15(18)19/h5-6,8,10-11H,4,7H2,1-3H3,(H,17,19). The molecule has 2 atom stereocenters. The van der Waals surface area contributed by atoms with Gasteiger partial charge in [-0.1, -0.05) is 20.3 Å². The van der Waals surface area contributed by atoms with Gasteiger partial charge in [-0.2, -0.15) is 5.26 Å². The highest BCUT2D eigenvalue weighted by atomic mass is 32.1. The highest BCUT2D eigenvalue weighted by molar-refractivity contribution is 7.71. The van der Waals surface area contributed by atoms with Gasteiger partial charge in [0.2, 0.25) is 0 Å². The van der Waals surface area contributed by atoms with E-state index in [9.17, 15) is 0 Å². The van der Waals surface area contributed by atoms with Gasteiger partial charge in [0, 0.05) is 6.04 Å². The Bertz CT molecular complexity index is 675. The zero-order valence-electron chi connectivity index (χ0n) is 11.6. The number of imidazole rings is 1. The Morgan fingerprint density at radius 1 is 1.42 bits per heavy atom. The van der Waals surface area contributed by atoms with Crippen molar-refractivity contribution in [3.63, 3.8) is 0 Å². The first kappa shape index (κ1) is 13.8. The lowest BCUT2D eigenvalue weighted by Crippen LogP contribution is -2.09. The number of rotatable bonds is 4. The molecule has 0 saturated carbocycles. The van der Waals surface area contributed by atoms with Crippen LogP contribution in [0.4, 0.5) is 0 Å². The molecule has 1 heterocycles. The Balaban J connectivity index is 2.50. The van der Waals surface area contributed by atoms with E-state index in [1.165, 1.54) is 6.42 Å². The van der Waals surface area contributed by atoms with Crippen LogP contribution in [0.2, 0.25) is 0 Å². The molecule has 1 aromatic carbocycles. The molecule has 100 valence electrons. The van der Waals surface area contributed by atoms with E-state index < -0.39 is 0 Å². The van der Waals surface area contributed by atoms with Gasteiger partial charge in [0.1, 0.15) is 0 Å². The first-order chi connectivity index (χ1) is 9.06. The molecular weight excluding hydrogens is 254 g/mol. The average molecular weight is 273 g/mol. The number of nitrogens with zero attached hydrogens (tertiary/aromatic N) is 2. The topological polar surface area (TPSA) is 44.5 Å². The van der Waals surface area contributed by atoms with E-state index in [4.69, 9.17) is 17.5 Å². The molecule has 0 bridgehead atoms. The third-order valence-electron chi connectivity index (χ3n) is 3.73. The fourth-order valence-electron chi connectivity index (χ4n) is 2.48. The van der Waals surface area contributed by atoms with Crippen LogP contribution >= 0.6 is 12.2 Å². The molecule has 0 saturated heterocycles.